The number of aromatic amines is 2. The molecule has 8 heteroatoms. The molecule has 0 saturated heterocycles. The van der Waals surface area contributed by atoms with E-state index in [0.29, 0.717) is 11.4 Å². The maximum absolute atomic E-state index is 10.8. The molecule has 1 aliphatic heterocycles. The second kappa shape index (κ2) is 14.7. The summed E-state index contributed by atoms with van der Waals surface area (Å²) in [5, 5.41) is 14.7. The lowest BCUT2D eigenvalue weighted by Crippen LogP contribution is -2.13. The molecule has 3 N–H and O–H groups in total. The molecule has 0 spiro atoms. The van der Waals surface area contributed by atoms with Crippen LogP contribution in [-0.2, 0) is 4.79 Å². The normalized spacial score (nSPS) is 10.4. The molecule has 5 aromatic rings. The number of carbonyl (C=O) groups excluding carboxylic acids is 2. The van der Waals surface area contributed by atoms with Crippen LogP contribution in [0.5, 0.6) is 0 Å². The van der Waals surface area contributed by atoms with Crippen molar-refractivity contribution in [2.45, 2.75) is 0 Å². The van der Waals surface area contributed by atoms with Gasteiger partial charge in [-0.1, -0.05) is 36.4 Å². The summed E-state index contributed by atoms with van der Waals surface area (Å²) in [4.78, 5) is 27.0. The van der Waals surface area contributed by atoms with E-state index in [0.717, 1.165) is 0 Å². The van der Waals surface area contributed by atoms with Crippen LogP contribution in [0.2, 0.25) is 0 Å². The van der Waals surface area contributed by atoms with E-state index in [2.05, 4.69) is 15.3 Å². The van der Waals surface area contributed by atoms with Crippen LogP contribution in [0.4, 0.5) is 5.69 Å². The second-order valence-corrected chi connectivity index (χ2v) is 7.76. The molecule has 0 saturated carbocycles. The quantitative estimate of drug-likeness (QED) is 0.236. The van der Waals surface area contributed by atoms with E-state index in [4.69, 9.17) is 0 Å². The van der Waals surface area contributed by atoms with Crippen molar-refractivity contribution >= 4 is 51.4 Å². The van der Waals surface area contributed by atoms with Gasteiger partial charge in [-0.15, -0.1) is 0 Å². The van der Waals surface area contributed by atoms with E-state index in [-0.39, 0.29) is 0 Å². The highest BCUT2D eigenvalue weighted by atomic mass is 32.1. The molecular formula is C22H21N3O2S3. The highest BCUT2D eigenvalue weighted by molar-refractivity contribution is 7.08. The number of H-pyrrole nitrogens is 2. The first kappa shape index (κ1) is 23.1. The van der Waals surface area contributed by atoms with E-state index in [1.807, 2.05) is 93.2 Å². The van der Waals surface area contributed by atoms with Crippen LogP contribution < -0.4 is 5.32 Å². The van der Waals surface area contributed by atoms with Crippen molar-refractivity contribution in [1.29, 1.82) is 0 Å². The molecule has 30 heavy (non-hydrogen) atoms. The fourth-order valence-electron chi connectivity index (χ4n) is 1.91. The molecular weight excluding hydrogens is 434 g/mol. The van der Waals surface area contributed by atoms with Gasteiger partial charge in [-0.05, 0) is 50.5 Å². The van der Waals surface area contributed by atoms with Gasteiger partial charge in [0.15, 0.2) is 0 Å². The molecule has 0 fully saturated rings. The lowest BCUT2D eigenvalue weighted by atomic mass is 10.3. The third-order valence-electron chi connectivity index (χ3n) is 3.20. The first-order chi connectivity index (χ1) is 14.8. The molecule has 1 amide bonds. The molecule has 154 valence electrons. The van der Waals surface area contributed by atoms with Crippen molar-refractivity contribution in [2.24, 2.45) is 0 Å². The van der Waals surface area contributed by atoms with Crippen molar-refractivity contribution in [1.82, 2.24) is 9.97 Å². The Morgan fingerprint density at radius 3 is 1.37 bits per heavy atom. The molecule has 5 nitrogen and oxygen atoms in total. The lowest BCUT2D eigenvalue weighted by Gasteiger charge is -1.83. The number of aromatic nitrogens is 2. The highest BCUT2D eigenvalue weighted by Gasteiger charge is 2.28. The smallest absolute Gasteiger partial charge is 0.298 e. The number of rotatable bonds is 0. The lowest BCUT2D eigenvalue weighted by molar-refractivity contribution is -0.112. The molecule has 6 heterocycles. The van der Waals surface area contributed by atoms with E-state index < -0.39 is 11.7 Å². The Morgan fingerprint density at radius 1 is 0.600 bits per heavy atom. The zero-order valence-electron chi connectivity index (χ0n) is 15.9. The van der Waals surface area contributed by atoms with E-state index in [1.165, 1.54) is 0 Å². The largest absolute Gasteiger partial charge is 0.368 e. The first-order valence-electron chi connectivity index (χ1n) is 8.81. The Kier molecular flexibility index (Phi) is 11.3. The van der Waals surface area contributed by atoms with Crippen LogP contribution in [0, 0.1) is 0 Å². The minimum Gasteiger partial charge on any atom is -0.368 e. The van der Waals surface area contributed by atoms with Gasteiger partial charge in [0.2, 0.25) is 0 Å². The molecule has 0 aliphatic carbocycles. The Labute approximate surface area is 187 Å². The second-order valence-electron chi connectivity index (χ2n) is 5.31. The van der Waals surface area contributed by atoms with E-state index in [9.17, 15) is 9.59 Å². The highest BCUT2D eigenvalue weighted by Crippen LogP contribution is 2.19. The number of hydrogen-bond donors (Lipinski definition) is 3. The molecule has 5 aromatic heterocycles. The zero-order valence-corrected chi connectivity index (χ0v) is 18.4. The monoisotopic (exact) mass is 455 g/mol. The maximum atomic E-state index is 10.8. The minimum absolute atomic E-state index is 0.366. The fraction of sp³-hybridized carbons (Fsp3) is 0. The summed E-state index contributed by atoms with van der Waals surface area (Å²) in [6.45, 7) is 0. The SMILES string of the molecule is O=C1Nc2cc[nH]c2C1=O.c1cc[nH]c1.c1ccsc1.c1ccsc1.c1ccsc1. The predicted molar refractivity (Wildman–Crippen MR) is 128 cm³/mol. The third kappa shape index (κ3) is 9.33. The summed E-state index contributed by atoms with van der Waals surface area (Å²) in [5.41, 5.74) is 0.944. The van der Waals surface area contributed by atoms with Gasteiger partial charge in [-0.2, -0.15) is 34.0 Å². The average Bonchev–Trinajstić information content (AvgIpc) is 3.63. The molecule has 0 radical (unpaired) electrons. The van der Waals surface area contributed by atoms with Gasteiger partial charge in [0, 0.05) is 18.6 Å². The van der Waals surface area contributed by atoms with Gasteiger partial charge in [0.25, 0.3) is 11.7 Å². The van der Waals surface area contributed by atoms with Crippen LogP contribution in [0.1, 0.15) is 10.5 Å². The van der Waals surface area contributed by atoms with Crippen LogP contribution in [0.25, 0.3) is 0 Å². The first-order valence-corrected chi connectivity index (χ1v) is 11.6. The van der Waals surface area contributed by atoms with Gasteiger partial charge in [-0.3, -0.25) is 9.59 Å². The molecule has 0 aromatic carbocycles. The number of ketones is 1. The number of fused-ring (bicyclic) bond motifs is 1. The van der Waals surface area contributed by atoms with Crippen molar-refractivity contribution in [3.63, 3.8) is 0 Å². The number of anilines is 1. The van der Waals surface area contributed by atoms with Crippen LogP contribution >= 0.6 is 34.0 Å². The van der Waals surface area contributed by atoms with Crippen molar-refractivity contribution in [3.8, 4) is 0 Å². The maximum Gasteiger partial charge on any atom is 0.298 e. The van der Waals surface area contributed by atoms with E-state index in [1.54, 1.807) is 46.3 Å². The molecule has 6 rings (SSSR count). The molecule has 0 unspecified atom stereocenters. The summed E-state index contributed by atoms with van der Waals surface area (Å²) in [6, 6.07) is 17.7. The predicted octanol–water partition coefficient (Wildman–Crippen LogP) is 6.41. The minimum atomic E-state index is -0.554. The molecule has 0 bridgehead atoms. The average molecular weight is 456 g/mol. The van der Waals surface area contributed by atoms with E-state index >= 15 is 0 Å². The van der Waals surface area contributed by atoms with Gasteiger partial charge in [0.05, 0.1) is 5.69 Å². The van der Waals surface area contributed by atoms with Gasteiger partial charge < -0.3 is 15.3 Å². The summed E-state index contributed by atoms with van der Waals surface area (Å²) in [7, 11) is 0. The van der Waals surface area contributed by atoms with Gasteiger partial charge in [0.1, 0.15) is 5.69 Å². The van der Waals surface area contributed by atoms with Crippen LogP contribution in [0.3, 0.4) is 0 Å². The standard InChI is InChI=1S/C6H4N2O2.C4H5N.3C4H4S/c9-5-4-3(1-2-7-4)8-6(5)10;4*1-2-4-5-3-1/h1-2,7H,(H,8,9,10);1-5H;3*1-4H. The van der Waals surface area contributed by atoms with Crippen molar-refractivity contribution in [2.75, 3.05) is 5.32 Å². The zero-order chi connectivity index (χ0) is 21.3. The number of carbonyl (C=O) groups is 2. The number of Topliss-reactive ketones (excluding diaryl/α,β-unsaturated/α-hetero) is 1. The number of thiophene rings is 3. The number of hydrogen-bond acceptors (Lipinski definition) is 5. The summed E-state index contributed by atoms with van der Waals surface area (Å²) in [5.74, 6) is -1.04. The third-order valence-corrected chi connectivity index (χ3v) is 5.09. The molecule has 1 aliphatic rings. The summed E-state index contributed by atoms with van der Waals surface area (Å²) >= 11 is 5.14. The Hall–Kier alpha value is -3.20. The van der Waals surface area contributed by atoms with Gasteiger partial charge in [-0.25, -0.2) is 0 Å². The topological polar surface area (TPSA) is 77.8 Å². The Balaban J connectivity index is 0.000000139. The summed E-state index contributed by atoms with van der Waals surface area (Å²) < 4.78 is 0. The van der Waals surface area contributed by atoms with Crippen molar-refractivity contribution in [3.05, 3.63) is 111 Å². The fourth-order valence-corrected chi connectivity index (χ4v) is 3.27. The number of amides is 1. The van der Waals surface area contributed by atoms with Crippen LogP contribution in [-0.4, -0.2) is 21.7 Å². The number of nitrogens with one attached hydrogen (secondary N) is 3. The summed E-state index contributed by atoms with van der Waals surface area (Å²) in [6.07, 6.45) is 5.36. The Morgan fingerprint density at radius 2 is 1.07 bits per heavy atom. The Bertz CT molecular complexity index is 830. The van der Waals surface area contributed by atoms with Gasteiger partial charge >= 0.3 is 0 Å². The van der Waals surface area contributed by atoms with Crippen LogP contribution in [0.15, 0.2) is 105 Å². The molecule has 0 atom stereocenters. The van der Waals surface area contributed by atoms with Crippen molar-refractivity contribution < 1.29 is 9.59 Å².